The summed E-state index contributed by atoms with van der Waals surface area (Å²) >= 11 is 0. The lowest BCUT2D eigenvalue weighted by Gasteiger charge is -2.17. The fourth-order valence-electron chi connectivity index (χ4n) is 3.62. The number of aromatic nitrogens is 1. The number of ether oxygens (including phenoxy) is 2. The monoisotopic (exact) mass is 506 g/mol. The van der Waals surface area contributed by atoms with Crippen LogP contribution in [0.1, 0.15) is 28.8 Å². The van der Waals surface area contributed by atoms with Crippen molar-refractivity contribution in [3.05, 3.63) is 78.0 Å². The SMILES string of the molecule is COc1cccc(OC)c1C(=O)N[C@@H](Cc1ccc(NC(=O)CCCNc2ccccn2)cc1)C(=O)O. The van der Waals surface area contributed by atoms with Crippen molar-refractivity contribution in [3.63, 3.8) is 0 Å². The van der Waals surface area contributed by atoms with Crippen LogP contribution < -0.4 is 25.4 Å². The number of carbonyl (C=O) groups is 3. The van der Waals surface area contributed by atoms with Gasteiger partial charge in [-0.15, -0.1) is 0 Å². The number of nitrogens with zero attached hydrogens (tertiary/aromatic N) is 1. The van der Waals surface area contributed by atoms with Gasteiger partial charge in [-0.25, -0.2) is 9.78 Å². The Bertz CT molecular complexity index is 1180. The van der Waals surface area contributed by atoms with Gasteiger partial charge >= 0.3 is 5.97 Å². The number of nitrogens with one attached hydrogen (secondary N) is 3. The molecule has 0 saturated heterocycles. The third-order valence-corrected chi connectivity index (χ3v) is 5.49. The molecular formula is C27H30N4O6. The molecule has 1 atom stereocenters. The number of benzene rings is 2. The maximum Gasteiger partial charge on any atom is 0.326 e. The van der Waals surface area contributed by atoms with Crippen molar-refractivity contribution in [3.8, 4) is 11.5 Å². The quantitative estimate of drug-likeness (QED) is 0.259. The van der Waals surface area contributed by atoms with Gasteiger partial charge in [0.2, 0.25) is 5.91 Å². The predicted octanol–water partition coefficient (Wildman–Crippen LogP) is 3.36. The van der Waals surface area contributed by atoms with E-state index in [9.17, 15) is 19.5 Å². The fraction of sp³-hybridized carbons (Fsp3) is 0.259. The van der Waals surface area contributed by atoms with Crippen LogP contribution in [-0.2, 0) is 16.0 Å². The van der Waals surface area contributed by atoms with Crippen molar-refractivity contribution in [1.29, 1.82) is 0 Å². The zero-order valence-corrected chi connectivity index (χ0v) is 20.7. The lowest BCUT2D eigenvalue weighted by Crippen LogP contribution is -2.42. The average molecular weight is 507 g/mol. The van der Waals surface area contributed by atoms with Gasteiger partial charge in [0.25, 0.3) is 5.91 Å². The Morgan fingerprint density at radius 1 is 0.946 bits per heavy atom. The zero-order chi connectivity index (χ0) is 26.6. The van der Waals surface area contributed by atoms with Crippen molar-refractivity contribution in [1.82, 2.24) is 10.3 Å². The molecule has 10 heteroatoms. The molecule has 2 aromatic carbocycles. The maximum atomic E-state index is 12.9. The highest BCUT2D eigenvalue weighted by atomic mass is 16.5. The van der Waals surface area contributed by atoms with Crippen LogP contribution in [0.4, 0.5) is 11.5 Å². The van der Waals surface area contributed by atoms with Gasteiger partial charge in [-0.1, -0.05) is 24.3 Å². The summed E-state index contributed by atoms with van der Waals surface area (Å²) in [5, 5.41) is 18.2. The lowest BCUT2D eigenvalue weighted by atomic mass is 10.0. The van der Waals surface area contributed by atoms with Gasteiger partial charge in [0.15, 0.2) is 0 Å². The number of carbonyl (C=O) groups excluding carboxylic acids is 2. The Morgan fingerprint density at radius 3 is 2.24 bits per heavy atom. The van der Waals surface area contributed by atoms with Crippen LogP contribution in [0.5, 0.6) is 11.5 Å². The number of carboxylic acid groups (broad SMARTS) is 1. The Balaban J connectivity index is 1.53. The molecule has 3 rings (SSSR count). The van der Waals surface area contributed by atoms with Crippen molar-refractivity contribution < 1.29 is 29.0 Å². The van der Waals surface area contributed by atoms with Crippen LogP contribution in [0.2, 0.25) is 0 Å². The van der Waals surface area contributed by atoms with E-state index in [-0.39, 0.29) is 29.4 Å². The lowest BCUT2D eigenvalue weighted by molar-refractivity contribution is -0.139. The third-order valence-electron chi connectivity index (χ3n) is 5.49. The first-order valence-electron chi connectivity index (χ1n) is 11.7. The Kier molecular flexibility index (Phi) is 9.83. The van der Waals surface area contributed by atoms with Crippen LogP contribution in [0.3, 0.4) is 0 Å². The summed E-state index contributed by atoms with van der Waals surface area (Å²) in [6.07, 6.45) is 2.72. The molecule has 0 saturated carbocycles. The van der Waals surface area contributed by atoms with E-state index in [1.165, 1.54) is 14.2 Å². The summed E-state index contributed by atoms with van der Waals surface area (Å²) in [4.78, 5) is 41.2. The average Bonchev–Trinajstić information content (AvgIpc) is 2.91. The van der Waals surface area contributed by atoms with Gasteiger partial charge in [0, 0.05) is 31.3 Å². The highest BCUT2D eigenvalue weighted by Gasteiger charge is 2.25. The molecule has 0 aliphatic rings. The van der Waals surface area contributed by atoms with Crippen LogP contribution in [0.25, 0.3) is 0 Å². The van der Waals surface area contributed by atoms with Gasteiger partial charge in [-0.3, -0.25) is 9.59 Å². The van der Waals surface area contributed by atoms with Gasteiger partial charge in [0.1, 0.15) is 28.9 Å². The minimum absolute atomic E-state index is 0.0476. The molecule has 37 heavy (non-hydrogen) atoms. The molecule has 0 fully saturated rings. The van der Waals surface area contributed by atoms with E-state index in [0.717, 1.165) is 5.82 Å². The number of rotatable bonds is 13. The van der Waals surface area contributed by atoms with Crippen molar-refractivity contribution in [2.24, 2.45) is 0 Å². The summed E-state index contributed by atoms with van der Waals surface area (Å²) in [6.45, 7) is 0.617. The molecule has 0 aliphatic heterocycles. The fourth-order valence-corrected chi connectivity index (χ4v) is 3.62. The van der Waals surface area contributed by atoms with E-state index in [4.69, 9.17) is 9.47 Å². The molecule has 194 valence electrons. The molecule has 4 N–H and O–H groups in total. The number of amides is 2. The summed E-state index contributed by atoms with van der Waals surface area (Å²) in [6, 6.07) is 16.1. The molecule has 0 radical (unpaired) electrons. The zero-order valence-electron chi connectivity index (χ0n) is 20.7. The van der Waals surface area contributed by atoms with Crippen LogP contribution in [0, 0.1) is 0 Å². The normalized spacial score (nSPS) is 11.2. The first kappa shape index (κ1) is 27.0. The topological polar surface area (TPSA) is 139 Å². The summed E-state index contributed by atoms with van der Waals surface area (Å²) in [7, 11) is 2.83. The van der Waals surface area contributed by atoms with Gasteiger partial charge in [-0.2, -0.15) is 0 Å². The van der Waals surface area contributed by atoms with Gasteiger partial charge in [0.05, 0.1) is 14.2 Å². The number of aliphatic carboxylic acids is 1. The van der Waals surface area contributed by atoms with Crippen LogP contribution in [0.15, 0.2) is 66.9 Å². The minimum Gasteiger partial charge on any atom is -0.496 e. The van der Waals surface area contributed by atoms with Crippen molar-refractivity contribution in [2.75, 3.05) is 31.4 Å². The molecule has 2 amide bonds. The second kappa shape index (κ2) is 13.5. The van der Waals surface area contributed by atoms with Crippen LogP contribution >= 0.6 is 0 Å². The number of hydrogen-bond donors (Lipinski definition) is 4. The number of methoxy groups -OCH3 is 2. The first-order chi connectivity index (χ1) is 17.9. The molecule has 1 aromatic heterocycles. The minimum atomic E-state index is -1.19. The Hall–Kier alpha value is -4.60. The van der Waals surface area contributed by atoms with Crippen LogP contribution in [-0.4, -0.2) is 54.7 Å². The number of pyridine rings is 1. The van der Waals surface area contributed by atoms with E-state index >= 15 is 0 Å². The first-order valence-corrected chi connectivity index (χ1v) is 11.7. The molecule has 1 heterocycles. The number of anilines is 2. The summed E-state index contributed by atoms with van der Waals surface area (Å²) in [5.74, 6) is -0.627. The number of hydrogen-bond acceptors (Lipinski definition) is 7. The smallest absolute Gasteiger partial charge is 0.326 e. The molecular weight excluding hydrogens is 476 g/mol. The molecule has 0 aliphatic carbocycles. The third kappa shape index (κ3) is 7.96. The largest absolute Gasteiger partial charge is 0.496 e. The Labute approximate surface area is 215 Å². The van der Waals surface area contributed by atoms with E-state index in [0.29, 0.717) is 30.6 Å². The van der Waals surface area contributed by atoms with E-state index < -0.39 is 17.9 Å². The second-order valence-corrected chi connectivity index (χ2v) is 8.10. The Morgan fingerprint density at radius 2 is 1.65 bits per heavy atom. The summed E-state index contributed by atoms with van der Waals surface area (Å²) < 4.78 is 10.5. The molecule has 0 spiro atoms. The van der Waals surface area contributed by atoms with E-state index in [1.54, 1.807) is 48.7 Å². The molecule has 0 unspecified atom stereocenters. The highest BCUT2D eigenvalue weighted by molar-refractivity contribution is 6.01. The van der Waals surface area contributed by atoms with Crippen molar-refractivity contribution in [2.45, 2.75) is 25.3 Å². The van der Waals surface area contributed by atoms with Gasteiger partial charge in [-0.05, 0) is 48.4 Å². The molecule has 3 aromatic rings. The number of carboxylic acids is 1. The molecule has 10 nitrogen and oxygen atoms in total. The van der Waals surface area contributed by atoms with Crippen molar-refractivity contribution >= 4 is 29.3 Å². The van der Waals surface area contributed by atoms with E-state index in [2.05, 4.69) is 20.9 Å². The predicted molar refractivity (Wildman–Crippen MR) is 139 cm³/mol. The standard InChI is InChI=1S/C27H30N4O6/c1-36-21-7-5-8-22(37-2)25(21)26(33)31-20(27(34)35)17-18-11-13-19(14-12-18)30-24(32)10-6-16-29-23-9-3-4-15-28-23/h3-5,7-9,11-15,20H,6,10,16-17H2,1-2H3,(H,28,29)(H,30,32)(H,31,33)(H,34,35)/t20-/m0/s1. The highest BCUT2D eigenvalue weighted by Crippen LogP contribution is 2.28. The second-order valence-electron chi connectivity index (χ2n) is 8.10. The van der Waals surface area contributed by atoms with E-state index in [1.807, 2.05) is 18.2 Å². The summed E-state index contributed by atoms with van der Waals surface area (Å²) in [5.41, 5.74) is 1.39. The van der Waals surface area contributed by atoms with Gasteiger partial charge < -0.3 is 30.5 Å². The maximum absolute atomic E-state index is 12.9. The molecule has 0 bridgehead atoms.